The fourth-order valence-corrected chi connectivity index (χ4v) is 2.64. The Morgan fingerprint density at radius 1 is 1.29 bits per heavy atom. The van der Waals surface area contributed by atoms with E-state index in [0.29, 0.717) is 16.1 Å². The van der Waals surface area contributed by atoms with Crippen LogP contribution in [0, 0.1) is 0 Å². The number of aryl methyl sites for hydroxylation is 1. The SMILES string of the molecule is CCc1cc2cc(S(=O)(=O)Cl)ccc2nc1Cl. The van der Waals surface area contributed by atoms with E-state index in [1.54, 1.807) is 6.07 Å². The van der Waals surface area contributed by atoms with Crippen LogP contribution in [-0.2, 0) is 15.5 Å². The monoisotopic (exact) mass is 289 g/mol. The predicted octanol–water partition coefficient (Wildman–Crippen LogP) is 3.38. The van der Waals surface area contributed by atoms with Crippen LogP contribution in [0.4, 0.5) is 0 Å². The van der Waals surface area contributed by atoms with E-state index in [2.05, 4.69) is 4.98 Å². The molecule has 1 aromatic carbocycles. The Balaban J connectivity index is 2.73. The molecule has 0 fully saturated rings. The van der Waals surface area contributed by atoms with E-state index < -0.39 is 9.05 Å². The van der Waals surface area contributed by atoms with E-state index in [1.807, 2.05) is 13.0 Å². The Labute approximate surface area is 109 Å². The third-order valence-corrected chi connectivity index (χ3v) is 4.15. The van der Waals surface area contributed by atoms with Gasteiger partial charge in [0.05, 0.1) is 10.4 Å². The van der Waals surface area contributed by atoms with Crippen molar-refractivity contribution in [2.75, 3.05) is 0 Å². The Bertz CT molecular complexity index is 683. The number of fused-ring (bicyclic) bond motifs is 1. The molecule has 2 rings (SSSR count). The van der Waals surface area contributed by atoms with Gasteiger partial charge in [0.1, 0.15) is 5.15 Å². The van der Waals surface area contributed by atoms with Crippen LogP contribution >= 0.6 is 22.3 Å². The average molecular weight is 290 g/mol. The zero-order valence-electron chi connectivity index (χ0n) is 8.94. The summed E-state index contributed by atoms with van der Waals surface area (Å²) in [5.74, 6) is 0. The number of halogens is 2. The molecule has 0 unspecified atom stereocenters. The molecule has 0 N–H and O–H groups in total. The van der Waals surface area contributed by atoms with Crippen LogP contribution in [0.1, 0.15) is 12.5 Å². The maximum Gasteiger partial charge on any atom is 0.261 e. The molecule has 0 bridgehead atoms. The maximum absolute atomic E-state index is 11.2. The lowest BCUT2D eigenvalue weighted by atomic mass is 10.1. The van der Waals surface area contributed by atoms with Crippen molar-refractivity contribution in [3.8, 4) is 0 Å². The van der Waals surface area contributed by atoms with Gasteiger partial charge in [-0.3, -0.25) is 0 Å². The highest BCUT2D eigenvalue weighted by atomic mass is 35.7. The third kappa shape index (κ3) is 2.54. The summed E-state index contributed by atoms with van der Waals surface area (Å²) >= 11 is 5.98. The number of rotatable bonds is 2. The molecule has 6 heteroatoms. The number of pyridine rings is 1. The lowest BCUT2D eigenvalue weighted by Gasteiger charge is -2.04. The van der Waals surface area contributed by atoms with Crippen molar-refractivity contribution in [3.63, 3.8) is 0 Å². The zero-order valence-corrected chi connectivity index (χ0v) is 11.3. The van der Waals surface area contributed by atoms with Crippen LogP contribution in [0.25, 0.3) is 10.9 Å². The molecule has 17 heavy (non-hydrogen) atoms. The second-order valence-corrected chi connectivity index (χ2v) is 6.51. The molecule has 0 atom stereocenters. The first-order valence-corrected chi connectivity index (χ1v) is 7.64. The second-order valence-electron chi connectivity index (χ2n) is 3.58. The summed E-state index contributed by atoms with van der Waals surface area (Å²) in [6, 6.07) is 6.34. The van der Waals surface area contributed by atoms with Gasteiger partial charge in [0.25, 0.3) is 9.05 Å². The van der Waals surface area contributed by atoms with Gasteiger partial charge in [0, 0.05) is 16.1 Å². The molecule has 0 saturated heterocycles. The molecule has 0 aliphatic heterocycles. The standard InChI is InChI=1S/C11H9Cl2NO2S/c1-2-7-5-8-6-9(17(13,15)16)3-4-10(8)14-11(7)12/h3-6H,2H2,1H3. The van der Waals surface area contributed by atoms with Crippen LogP contribution in [-0.4, -0.2) is 13.4 Å². The molecule has 90 valence electrons. The van der Waals surface area contributed by atoms with Crippen LogP contribution in [0.3, 0.4) is 0 Å². The van der Waals surface area contributed by atoms with Gasteiger partial charge in [-0.05, 0) is 36.2 Å². The number of hydrogen-bond donors (Lipinski definition) is 0. The highest BCUT2D eigenvalue weighted by Gasteiger charge is 2.11. The lowest BCUT2D eigenvalue weighted by Crippen LogP contribution is -1.93. The van der Waals surface area contributed by atoms with Crippen LogP contribution in [0.5, 0.6) is 0 Å². The fourth-order valence-electron chi connectivity index (χ4n) is 1.57. The average Bonchev–Trinajstić information content (AvgIpc) is 2.26. The Morgan fingerprint density at radius 2 is 2.00 bits per heavy atom. The molecule has 0 spiro atoms. The molecule has 0 radical (unpaired) electrons. The van der Waals surface area contributed by atoms with Crippen LogP contribution in [0.2, 0.25) is 5.15 Å². The highest BCUT2D eigenvalue weighted by molar-refractivity contribution is 8.13. The maximum atomic E-state index is 11.2. The molecule has 0 aliphatic carbocycles. The molecule has 0 saturated carbocycles. The number of benzene rings is 1. The second kappa shape index (κ2) is 4.44. The van der Waals surface area contributed by atoms with E-state index in [4.69, 9.17) is 22.3 Å². The van der Waals surface area contributed by atoms with Gasteiger partial charge in [-0.15, -0.1) is 0 Å². The first-order valence-electron chi connectivity index (χ1n) is 4.95. The van der Waals surface area contributed by atoms with Crippen molar-refractivity contribution in [2.45, 2.75) is 18.2 Å². The minimum absolute atomic E-state index is 0.0674. The first-order chi connectivity index (χ1) is 7.91. The normalized spacial score (nSPS) is 11.9. The summed E-state index contributed by atoms with van der Waals surface area (Å²) in [5.41, 5.74) is 1.53. The van der Waals surface area contributed by atoms with Crippen LogP contribution in [0.15, 0.2) is 29.2 Å². The summed E-state index contributed by atoms with van der Waals surface area (Å²) < 4.78 is 22.4. The minimum atomic E-state index is -3.71. The smallest absolute Gasteiger partial charge is 0.236 e. The first kappa shape index (κ1) is 12.6. The van der Waals surface area contributed by atoms with E-state index in [-0.39, 0.29) is 4.90 Å². The van der Waals surface area contributed by atoms with Crippen molar-refractivity contribution in [3.05, 3.63) is 35.0 Å². The van der Waals surface area contributed by atoms with Crippen molar-refractivity contribution < 1.29 is 8.42 Å². The zero-order chi connectivity index (χ0) is 12.6. The van der Waals surface area contributed by atoms with E-state index in [1.165, 1.54) is 12.1 Å². The molecule has 1 heterocycles. The molecular weight excluding hydrogens is 281 g/mol. The molecule has 3 nitrogen and oxygen atoms in total. The van der Waals surface area contributed by atoms with Crippen molar-refractivity contribution >= 4 is 42.2 Å². The fraction of sp³-hybridized carbons (Fsp3) is 0.182. The van der Waals surface area contributed by atoms with E-state index in [9.17, 15) is 8.42 Å². The highest BCUT2D eigenvalue weighted by Crippen LogP contribution is 2.24. The molecule has 1 aromatic heterocycles. The van der Waals surface area contributed by atoms with Crippen molar-refractivity contribution in [1.82, 2.24) is 4.98 Å². The van der Waals surface area contributed by atoms with Gasteiger partial charge in [0.15, 0.2) is 0 Å². The Hall–Kier alpha value is -0.840. The van der Waals surface area contributed by atoms with Gasteiger partial charge < -0.3 is 0 Å². The predicted molar refractivity (Wildman–Crippen MR) is 69.2 cm³/mol. The van der Waals surface area contributed by atoms with Gasteiger partial charge in [-0.2, -0.15) is 0 Å². The van der Waals surface area contributed by atoms with E-state index in [0.717, 1.165) is 12.0 Å². The third-order valence-electron chi connectivity index (χ3n) is 2.47. The number of aromatic nitrogens is 1. The van der Waals surface area contributed by atoms with Crippen molar-refractivity contribution in [2.24, 2.45) is 0 Å². The largest absolute Gasteiger partial charge is 0.261 e. The molecule has 0 amide bonds. The molecule has 2 aromatic rings. The Kier molecular flexibility index (Phi) is 3.30. The van der Waals surface area contributed by atoms with E-state index >= 15 is 0 Å². The van der Waals surface area contributed by atoms with Gasteiger partial charge >= 0.3 is 0 Å². The summed E-state index contributed by atoms with van der Waals surface area (Å²) in [6.45, 7) is 1.96. The summed E-state index contributed by atoms with van der Waals surface area (Å²) in [4.78, 5) is 4.26. The molecular formula is C11H9Cl2NO2S. The lowest BCUT2D eigenvalue weighted by molar-refractivity contribution is 0.609. The topological polar surface area (TPSA) is 47.0 Å². The number of hydrogen-bond acceptors (Lipinski definition) is 3. The number of nitrogens with zero attached hydrogens (tertiary/aromatic N) is 1. The van der Waals surface area contributed by atoms with Gasteiger partial charge in [0.2, 0.25) is 0 Å². The summed E-state index contributed by atoms with van der Waals surface area (Å²) in [7, 11) is 1.58. The summed E-state index contributed by atoms with van der Waals surface area (Å²) in [5, 5.41) is 1.16. The minimum Gasteiger partial charge on any atom is -0.236 e. The molecule has 0 aliphatic rings. The quantitative estimate of drug-likeness (QED) is 0.629. The Morgan fingerprint density at radius 3 is 2.59 bits per heavy atom. The van der Waals surface area contributed by atoms with Gasteiger partial charge in [-0.25, -0.2) is 13.4 Å². The van der Waals surface area contributed by atoms with Crippen molar-refractivity contribution in [1.29, 1.82) is 0 Å². The van der Waals surface area contributed by atoms with Crippen LogP contribution < -0.4 is 0 Å². The van der Waals surface area contributed by atoms with Gasteiger partial charge in [-0.1, -0.05) is 18.5 Å². The summed E-state index contributed by atoms with van der Waals surface area (Å²) in [6.07, 6.45) is 0.736.